The average molecular weight is 249 g/mol. The lowest BCUT2D eigenvalue weighted by molar-refractivity contribution is 0.435. The zero-order chi connectivity index (χ0) is 13.0. The molecule has 0 bridgehead atoms. The topological polar surface area (TPSA) is 66.5 Å². The van der Waals surface area contributed by atoms with E-state index in [9.17, 15) is 5.11 Å². The fourth-order valence-electron chi connectivity index (χ4n) is 1.21. The molecule has 4 N–H and O–H groups in total. The van der Waals surface area contributed by atoms with Crippen LogP contribution in [0.25, 0.3) is 0 Å². The Hall–Kier alpha value is -1.81. The molecule has 0 heterocycles. The number of nitrogen functional groups attached to an aromatic ring is 1. The highest BCUT2D eigenvalue weighted by atomic mass is 32.2. The van der Waals surface area contributed by atoms with Crippen LogP contribution in [-0.4, -0.2) is 10.2 Å². The summed E-state index contributed by atoms with van der Waals surface area (Å²) in [5.41, 5.74) is 7.14. The lowest BCUT2D eigenvalue weighted by Gasteiger charge is -2.08. The number of aliphatic hydroxyl groups is 1. The van der Waals surface area contributed by atoms with Gasteiger partial charge in [-0.1, -0.05) is 31.0 Å². The van der Waals surface area contributed by atoms with E-state index in [1.165, 1.54) is 17.8 Å². The summed E-state index contributed by atoms with van der Waals surface area (Å²) in [4.78, 5) is 1.41. The first-order chi connectivity index (χ1) is 7.93. The molecule has 17 heavy (non-hydrogen) atoms. The van der Waals surface area contributed by atoms with Crippen molar-refractivity contribution in [1.82, 2.24) is 0 Å². The Bertz CT molecular complexity index is 492. The summed E-state index contributed by atoms with van der Waals surface area (Å²) < 4.78 is 0. The van der Waals surface area contributed by atoms with E-state index in [2.05, 4.69) is 13.2 Å². The van der Waals surface area contributed by atoms with Crippen LogP contribution in [-0.2, 0) is 0 Å². The number of hydrogen-bond acceptors (Lipinski definition) is 4. The summed E-state index contributed by atoms with van der Waals surface area (Å²) in [5.74, 6) is 0.134. The molecule has 0 saturated carbocycles. The minimum Gasteiger partial charge on any atom is -0.509 e. The third-order valence-electron chi connectivity index (χ3n) is 2.07. The quantitative estimate of drug-likeness (QED) is 0.251. The molecule has 90 valence electrons. The summed E-state index contributed by atoms with van der Waals surface area (Å²) in [6.45, 7) is 8.79. The van der Waals surface area contributed by atoms with Crippen molar-refractivity contribution < 1.29 is 10.2 Å². The van der Waals surface area contributed by atoms with Gasteiger partial charge in [0.1, 0.15) is 11.5 Å². The fraction of sp³-hybridized carbons (Fsp3) is 0.0769. The molecule has 0 aromatic heterocycles. The molecule has 0 saturated heterocycles. The van der Waals surface area contributed by atoms with Gasteiger partial charge in [0.15, 0.2) is 0 Å². The number of allylic oxidation sites excluding steroid dienone is 2. The second-order valence-corrected chi connectivity index (χ2v) is 4.64. The van der Waals surface area contributed by atoms with Gasteiger partial charge in [-0.15, -0.1) is 0 Å². The molecule has 0 aliphatic carbocycles. The smallest absolute Gasteiger partial charge is 0.119 e. The number of nitrogens with two attached hydrogens (primary N) is 1. The van der Waals surface area contributed by atoms with Crippen molar-refractivity contribution in [1.29, 1.82) is 0 Å². The van der Waals surface area contributed by atoms with E-state index in [0.29, 0.717) is 15.5 Å². The summed E-state index contributed by atoms with van der Waals surface area (Å²) >= 11 is 1.30. The predicted molar refractivity (Wildman–Crippen MR) is 73.2 cm³/mol. The average Bonchev–Trinajstić information content (AvgIpc) is 2.24. The molecular formula is C13H15NO2S. The molecule has 1 aromatic carbocycles. The van der Waals surface area contributed by atoms with Crippen molar-refractivity contribution in [3.8, 4) is 5.75 Å². The van der Waals surface area contributed by atoms with Gasteiger partial charge < -0.3 is 15.9 Å². The van der Waals surface area contributed by atoms with E-state index >= 15 is 0 Å². The number of benzene rings is 1. The number of aromatic hydroxyl groups is 1. The number of hydrogen-bond donors (Lipinski definition) is 3. The minimum atomic E-state index is -0.0534. The SMILES string of the molecule is C=C/C(=C\C(=C)O)Sc1cc(O)c(C)cc1N. The molecule has 1 rings (SSSR count). The molecule has 3 nitrogen and oxygen atoms in total. The number of rotatable bonds is 4. The van der Waals surface area contributed by atoms with Crippen molar-refractivity contribution in [3.63, 3.8) is 0 Å². The second kappa shape index (κ2) is 5.50. The molecule has 4 heteroatoms. The van der Waals surface area contributed by atoms with Crippen LogP contribution in [0, 0.1) is 6.92 Å². The van der Waals surface area contributed by atoms with Crippen LogP contribution in [0.5, 0.6) is 5.75 Å². The summed E-state index contributed by atoms with van der Waals surface area (Å²) in [5, 5.41) is 18.7. The lowest BCUT2D eigenvalue weighted by Crippen LogP contribution is -1.90. The highest BCUT2D eigenvalue weighted by molar-refractivity contribution is 8.03. The summed E-state index contributed by atoms with van der Waals surface area (Å²) in [6, 6.07) is 3.29. The monoisotopic (exact) mass is 249 g/mol. The number of phenolic OH excluding ortho intramolecular Hbond substituents is 1. The zero-order valence-electron chi connectivity index (χ0n) is 9.60. The van der Waals surface area contributed by atoms with Crippen molar-refractivity contribution in [2.75, 3.05) is 5.73 Å². The molecular weight excluding hydrogens is 234 g/mol. The Morgan fingerprint density at radius 2 is 2.12 bits per heavy atom. The molecule has 0 spiro atoms. The molecule has 0 atom stereocenters. The van der Waals surface area contributed by atoms with E-state index in [4.69, 9.17) is 10.8 Å². The van der Waals surface area contributed by atoms with Crippen LogP contribution in [0.4, 0.5) is 5.69 Å². The Balaban J connectivity index is 3.06. The highest BCUT2D eigenvalue weighted by Crippen LogP contribution is 2.36. The van der Waals surface area contributed by atoms with Gasteiger partial charge >= 0.3 is 0 Å². The van der Waals surface area contributed by atoms with Crippen molar-refractivity contribution >= 4 is 17.4 Å². The molecule has 0 unspecified atom stereocenters. The summed E-state index contributed by atoms with van der Waals surface area (Å²) in [7, 11) is 0. The van der Waals surface area contributed by atoms with Gasteiger partial charge in [0.05, 0.1) is 0 Å². The van der Waals surface area contributed by atoms with Gasteiger partial charge in [-0.3, -0.25) is 0 Å². The number of aliphatic hydroxyl groups excluding tert-OH is 1. The first-order valence-corrected chi connectivity index (χ1v) is 5.74. The van der Waals surface area contributed by atoms with Crippen LogP contribution in [0.3, 0.4) is 0 Å². The highest BCUT2D eigenvalue weighted by Gasteiger charge is 2.06. The third kappa shape index (κ3) is 3.60. The number of phenols is 1. The fourth-order valence-corrected chi connectivity index (χ4v) is 2.09. The van der Waals surface area contributed by atoms with Crippen LogP contribution >= 0.6 is 11.8 Å². The van der Waals surface area contributed by atoms with Gasteiger partial charge in [-0.05, 0) is 30.7 Å². The van der Waals surface area contributed by atoms with Crippen LogP contribution < -0.4 is 5.73 Å². The normalized spacial score (nSPS) is 11.2. The largest absolute Gasteiger partial charge is 0.509 e. The first-order valence-electron chi connectivity index (χ1n) is 4.93. The maximum absolute atomic E-state index is 9.61. The Labute approximate surface area is 105 Å². The number of thioether (sulfide) groups is 1. The molecule has 0 aliphatic heterocycles. The van der Waals surface area contributed by atoms with Crippen molar-refractivity contribution in [2.24, 2.45) is 0 Å². The van der Waals surface area contributed by atoms with Gasteiger partial charge in [-0.2, -0.15) is 0 Å². The van der Waals surface area contributed by atoms with Gasteiger partial charge in [0.2, 0.25) is 0 Å². The van der Waals surface area contributed by atoms with Gasteiger partial charge in [-0.25, -0.2) is 0 Å². The van der Waals surface area contributed by atoms with Crippen molar-refractivity contribution in [2.45, 2.75) is 11.8 Å². The van der Waals surface area contributed by atoms with Gasteiger partial charge in [0, 0.05) is 15.5 Å². The molecule has 0 radical (unpaired) electrons. The Kier molecular flexibility index (Phi) is 4.29. The molecule has 0 aliphatic rings. The lowest BCUT2D eigenvalue weighted by atomic mass is 10.2. The van der Waals surface area contributed by atoms with Crippen LogP contribution in [0.2, 0.25) is 0 Å². The molecule has 0 fully saturated rings. The number of aryl methyl sites for hydroxylation is 1. The standard InChI is InChI=1S/C13H15NO2S/c1-4-10(6-9(3)15)17-13-7-12(16)8(2)5-11(13)14/h4-7,15-16H,1,3,14H2,2H3/b10-6+. The van der Waals surface area contributed by atoms with Crippen molar-refractivity contribution in [3.05, 3.63) is 53.7 Å². The maximum atomic E-state index is 9.61. The Morgan fingerprint density at radius 1 is 1.47 bits per heavy atom. The van der Waals surface area contributed by atoms with E-state index < -0.39 is 0 Å². The first kappa shape index (κ1) is 13.3. The molecule has 0 amide bonds. The zero-order valence-corrected chi connectivity index (χ0v) is 10.4. The second-order valence-electron chi connectivity index (χ2n) is 3.52. The van der Waals surface area contributed by atoms with E-state index in [-0.39, 0.29) is 11.5 Å². The van der Waals surface area contributed by atoms with E-state index in [0.717, 1.165) is 5.56 Å². The predicted octanol–water partition coefficient (Wildman–Crippen LogP) is 3.52. The minimum absolute atomic E-state index is 0.0534. The van der Waals surface area contributed by atoms with Crippen LogP contribution in [0.15, 0.2) is 53.0 Å². The van der Waals surface area contributed by atoms with E-state index in [1.54, 1.807) is 25.1 Å². The molecule has 1 aromatic rings. The number of anilines is 1. The summed E-state index contributed by atoms with van der Waals surface area (Å²) in [6.07, 6.45) is 3.07. The van der Waals surface area contributed by atoms with E-state index in [1.807, 2.05) is 0 Å². The third-order valence-corrected chi connectivity index (χ3v) is 3.16. The van der Waals surface area contributed by atoms with Crippen LogP contribution in [0.1, 0.15) is 5.56 Å². The van der Waals surface area contributed by atoms with Gasteiger partial charge in [0.25, 0.3) is 0 Å². The Morgan fingerprint density at radius 3 is 2.65 bits per heavy atom. The maximum Gasteiger partial charge on any atom is 0.119 e.